The summed E-state index contributed by atoms with van der Waals surface area (Å²) in [4.78, 5) is 0. The van der Waals surface area contributed by atoms with E-state index in [1.165, 1.54) is 54.4 Å². The molecule has 11 aromatic rings. The minimum absolute atomic E-state index is 0.908. The van der Waals surface area contributed by atoms with Crippen LogP contribution in [0.3, 0.4) is 0 Å². The summed E-state index contributed by atoms with van der Waals surface area (Å²) in [6.45, 7) is 0. The molecular weight excluding hydrogens is 597 g/mol. The molecule has 3 heteroatoms. The van der Waals surface area contributed by atoms with Gasteiger partial charge in [0.2, 0.25) is 0 Å². The molecule has 3 nitrogen and oxygen atoms in total. The van der Waals surface area contributed by atoms with E-state index in [9.17, 15) is 0 Å². The topological polar surface area (TPSA) is 23.0 Å². The third kappa shape index (κ3) is 3.84. The number of benzene rings is 8. The fourth-order valence-corrected chi connectivity index (χ4v) is 8.03. The summed E-state index contributed by atoms with van der Waals surface area (Å²) >= 11 is 0. The SMILES string of the molecule is c1ccc(-n2c3cc4ccccc4cc3c3cc4c(cc32)c2ccccc2n4-c2cccc(-c3ccc4c(c3)oc3ccccc34)c2)cc1. The van der Waals surface area contributed by atoms with E-state index in [1.807, 2.05) is 12.1 Å². The highest BCUT2D eigenvalue weighted by atomic mass is 16.3. The first kappa shape index (κ1) is 26.5. The Morgan fingerprint density at radius 2 is 0.898 bits per heavy atom. The Morgan fingerprint density at radius 1 is 0.306 bits per heavy atom. The van der Waals surface area contributed by atoms with E-state index in [0.717, 1.165) is 44.4 Å². The van der Waals surface area contributed by atoms with Gasteiger partial charge < -0.3 is 13.6 Å². The van der Waals surface area contributed by atoms with Crippen LogP contribution >= 0.6 is 0 Å². The minimum Gasteiger partial charge on any atom is -0.456 e. The standard InChI is InChI=1S/C46H28N2O/c1-2-14-33(15-3-1)47-42-25-31-12-5-4-11-30(31)24-38(42)40-28-43-39(27-44(40)47)35-17-6-8-19-41(35)48(43)34-16-10-13-29(23-34)32-21-22-37-36-18-7-9-20-45(36)49-46(37)26-32/h1-28H. The monoisotopic (exact) mass is 624 g/mol. The van der Waals surface area contributed by atoms with Gasteiger partial charge >= 0.3 is 0 Å². The van der Waals surface area contributed by atoms with Crippen molar-refractivity contribution in [2.45, 2.75) is 0 Å². The first-order chi connectivity index (χ1) is 24.3. The fraction of sp³-hybridized carbons (Fsp3) is 0. The largest absolute Gasteiger partial charge is 0.456 e. The second-order valence-corrected chi connectivity index (χ2v) is 13.0. The van der Waals surface area contributed by atoms with Crippen molar-refractivity contribution in [2.75, 3.05) is 0 Å². The van der Waals surface area contributed by atoms with Gasteiger partial charge in [0.05, 0.1) is 22.1 Å². The molecule has 11 rings (SSSR count). The summed E-state index contributed by atoms with van der Waals surface area (Å²) < 4.78 is 11.1. The van der Waals surface area contributed by atoms with Gasteiger partial charge in [-0.05, 0) is 94.7 Å². The fourth-order valence-electron chi connectivity index (χ4n) is 8.03. The Hall–Kier alpha value is -6.58. The van der Waals surface area contributed by atoms with Crippen LogP contribution in [-0.4, -0.2) is 9.13 Å². The highest BCUT2D eigenvalue weighted by molar-refractivity contribution is 6.20. The van der Waals surface area contributed by atoms with Crippen molar-refractivity contribution in [1.82, 2.24) is 9.13 Å². The smallest absolute Gasteiger partial charge is 0.136 e. The number of nitrogens with zero attached hydrogens (tertiary/aromatic N) is 2. The second kappa shape index (κ2) is 9.96. The molecule has 49 heavy (non-hydrogen) atoms. The summed E-state index contributed by atoms with van der Waals surface area (Å²) in [6.07, 6.45) is 0. The molecule has 0 unspecified atom stereocenters. The lowest BCUT2D eigenvalue weighted by molar-refractivity contribution is 0.669. The highest BCUT2D eigenvalue weighted by Crippen LogP contribution is 2.41. The predicted octanol–water partition coefficient (Wildman–Crippen LogP) is 12.6. The normalized spacial score (nSPS) is 12.1. The van der Waals surface area contributed by atoms with Crippen LogP contribution < -0.4 is 0 Å². The Kier molecular flexibility index (Phi) is 5.38. The number of aromatic nitrogens is 2. The van der Waals surface area contributed by atoms with Crippen molar-refractivity contribution in [3.63, 3.8) is 0 Å². The van der Waals surface area contributed by atoms with E-state index in [-0.39, 0.29) is 0 Å². The zero-order chi connectivity index (χ0) is 32.1. The van der Waals surface area contributed by atoms with Gasteiger partial charge in [-0.1, -0.05) is 97.1 Å². The zero-order valence-corrected chi connectivity index (χ0v) is 26.5. The average molecular weight is 625 g/mol. The summed E-state index contributed by atoms with van der Waals surface area (Å²) in [6, 6.07) is 61.4. The number of rotatable bonds is 3. The molecule has 0 aliphatic rings. The third-order valence-electron chi connectivity index (χ3n) is 10.3. The van der Waals surface area contributed by atoms with E-state index in [4.69, 9.17) is 4.42 Å². The molecule has 0 saturated heterocycles. The average Bonchev–Trinajstić information content (AvgIpc) is 3.80. The van der Waals surface area contributed by atoms with E-state index in [2.05, 4.69) is 167 Å². The van der Waals surface area contributed by atoms with Crippen LogP contribution in [0.1, 0.15) is 0 Å². The Bertz CT molecular complexity index is 3100. The van der Waals surface area contributed by atoms with Crippen molar-refractivity contribution >= 4 is 76.3 Å². The van der Waals surface area contributed by atoms with E-state index in [1.54, 1.807) is 0 Å². The van der Waals surface area contributed by atoms with Crippen LogP contribution in [0.25, 0.3) is 98.8 Å². The van der Waals surface area contributed by atoms with Crippen molar-refractivity contribution in [3.05, 3.63) is 170 Å². The molecule has 0 aliphatic carbocycles. The van der Waals surface area contributed by atoms with Crippen molar-refractivity contribution < 1.29 is 4.42 Å². The zero-order valence-electron chi connectivity index (χ0n) is 26.5. The molecule has 0 N–H and O–H groups in total. The van der Waals surface area contributed by atoms with E-state index in [0.29, 0.717) is 0 Å². The number of para-hydroxylation sites is 3. The second-order valence-electron chi connectivity index (χ2n) is 13.0. The maximum atomic E-state index is 6.26. The highest BCUT2D eigenvalue weighted by Gasteiger charge is 2.19. The van der Waals surface area contributed by atoms with E-state index >= 15 is 0 Å². The summed E-state index contributed by atoms with van der Waals surface area (Å²) in [7, 11) is 0. The molecule has 0 aliphatic heterocycles. The maximum absolute atomic E-state index is 6.26. The van der Waals surface area contributed by atoms with Gasteiger partial charge in [0.15, 0.2) is 0 Å². The Labute approximate surface area is 281 Å². The number of fused-ring (bicyclic) bond motifs is 10. The lowest BCUT2D eigenvalue weighted by Gasteiger charge is -2.11. The van der Waals surface area contributed by atoms with Gasteiger partial charge in [0.25, 0.3) is 0 Å². The van der Waals surface area contributed by atoms with Crippen LogP contribution in [-0.2, 0) is 0 Å². The van der Waals surface area contributed by atoms with Crippen LogP contribution in [0, 0.1) is 0 Å². The molecule has 0 atom stereocenters. The van der Waals surface area contributed by atoms with Gasteiger partial charge in [-0.25, -0.2) is 0 Å². The molecule has 228 valence electrons. The predicted molar refractivity (Wildman–Crippen MR) is 205 cm³/mol. The molecule has 0 spiro atoms. The van der Waals surface area contributed by atoms with Crippen LogP contribution in [0.4, 0.5) is 0 Å². The number of hydrogen-bond donors (Lipinski definition) is 0. The van der Waals surface area contributed by atoms with Gasteiger partial charge in [0, 0.05) is 43.7 Å². The summed E-state index contributed by atoms with van der Waals surface area (Å²) in [5, 5.41) is 9.76. The molecule has 0 amide bonds. The van der Waals surface area contributed by atoms with Crippen molar-refractivity contribution in [2.24, 2.45) is 0 Å². The van der Waals surface area contributed by atoms with Crippen molar-refractivity contribution in [3.8, 4) is 22.5 Å². The quantitative estimate of drug-likeness (QED) is 0.192. The van der Waals surface area contributed by atoms with Crippen molar-refractivity contribution in [1.29, 1.82) is 0 Å². The number of hydrogen-bond acceptors (Lipinski definition) is 1. The van der Waals surface area contributed by atoms with Crippen LogP contribution in [0.5, 0.6) is 0 Å². The lowest BCUT2D eigenvalue weighted by atomic mass is 10.0. The first-order valence-electron chi connectivity index (χ1n) is 16.8. The Morgan fingerprint density at radius 3 is 1.76 bits per heavy atom. The van der Waals surface area contributed by atoms with Crippen LogP contribution in [0.15, 0.2) is 174 Å². The number of furan rings is 1. The molecule has 8 aromatic carbocycles. The molecule has 3 heterocycles. The van der Waals surface area contributed by atoms with Gasteiger partial charge in [-0.3, -0.25) is 0 Å². The first-order valence-corrected chi connectivity index (χ1v) is 16.8. The molecule has 0 bridgehead atoms. The van der Waals surface area contributed by atoms with Gasteiger partial charge in [-0.15, -0.1) is 0 Å². The summed E-state index contributed by atoms with van der Waals surface area (Å²) in [5.74, 6) is 0. The third-order valence-corrected chi connectivity index (χ3v) is 10.3. The van der Waals surface area contributed by atoms with Gasteiger partial charge in [-0.2, -0.15) is 0 Å². The minimum atomic E-state index is 0.908. The summed E-state index contributed by atoms with van der Waals surface area (Å²) in [5.41, 5.74) is 11.2. The maximum Gasteiger partial charge on any atom is 0.136 e. The van der Waals surface area contributed by atoms with Crippen LogP contribution in [0.2, 0.25) is 0 Å². The molecule has 0 fully saturated rings. The van der Waals surface area contributed by atoms with E-state index < -0.39 is 0 Å². The van der Waals surface area contributed by atoms with Gasteiger partial charge in [0.1, 0.15) is 11.2 Å². The lowest BCUT2D eigenvalue weighted by Crippen LogP contribution is -1.95. The molecular formula is C46H28N2O. The molecule has 0 radical (unpaired) electrons. The molecule has 0 saturated carbocycles. The Balaban J connectivity index is 1.18. The molecule has 3 aromatic heterocycles.